The fraction of sp³-hybridized carbons (Fsp3) is 0.389. The molecule has 132 valence electrons. The lowest BCUT2D eigenvalue weighted by molar-refractivity contribution is -0.144. The first-order valence-corrected chi connectivity index (χ1v) is 8.24. The number of aliphatic carboxylic acids is 1. The highest BCUT2D eigenvalue weighted by atomic mass is 19.1. The molecule has 0 bridgehead atoms. The lowest BCUT2D eigenvalue weighted by Gasteiger charge is -2.37. The van der Waals surface area contributed by atoms with Crippen molar-refractivity contribution in [1.82, 2.24) is 14.7 Å². The summed E-state index contributed by atoms with van der Waals surface area (Å²) < 4.78 is 14.8. The fourth-order valence-corrected chi connectivity index (χ4v) is 3.36. The number of piperidine rings is 1. The minimum atomic E-state index is -0.877. The lowest BCUT2D eigenvalue weighted by atomic mass is 9.90. The van der Waals surface area contributed by atoms with Crippen LogP contribution in [0.25, 0.3) is 5.69 Å². The van der Waals surface area contributed by atoms with Crippen LogP contribution >= 0.6 is 0 Å². The predicted octanol–water partition coefficient (Wildman–Crippen LogP) is 2.65. The van der Waals surface area contributed by atoms with Crippen LogP contribution < -0.4 is 0 Å². The smallest absolute Gasteiger partial charge is 0.308 e. The molecule has 1 aliphatic rings. The molecule has 1 aromatic heterocycles. The molecule has 1 aromatic carbocycles. The molecule has 0 aliphatic carbocycles. The van der Waals surface area contributed by atoms with Gasteiger partial charge in [-0.25, -0.2) is 9.07 Å². The van der Waals surface area contributed by atoms with Gasteiger partial charge in [0.05, 0.1) is 11.6 Å². The van der Waals surface area contributed by atoms with Crippen LogP contribution in [0.2, 0.25) is 0 Å². The summed E-state index contributed by atoms with van der Waals surface area (Å²) in [4.78, 5) is 25.7. The molecule has 2 aromatic rings. The second kappa shape index (κ2) is 6.66. The second-order valence-electron chi connectivity index (χ2n) is 6.40. The number of amides is 1. The molecule has 25 heavy (non-hydrogen) atoms. The van der Waals surface area contributed by atoms with Crippen molar-refractivity contribution in [2.24, 2.45) is 5.92 Å². The Morgan fingerprint density at radius 2 is 2.08 bits per heavy atom. The molecule has 1 amide bonds. The molecule has 0 saturated carbocycles. The van der Waals surface area contributed by atoms with Gasteiger partial charge in [-0.15, -0.1) is 0 Å². The summed E-state index contributed by atoms with van der Waals surface area (Å²) in [5.74, 6) is -2.04. The minimum Gasteiger partial charge on any atom is -0.481 e. The van der Waals surface area contributed by atoms with Gasteiger partial charge in [-0.1, -0.05) is 0 Å². The molecular formula is C18H20FN3O3. The molecule has 1 N–H and O–H groups in total. The SMILES string of the molecule is Cc1cc(F)ccc1-n1ccc(C(=O)N2CCC[C@@H](C(=O)O)[C@H]2C)n1. The number of hydrogen-bond acceptors (Lipinski definition) is 3. The van der Waals surface area contributed by atoms with Crippen LogP contribution in [-0.2, 0) is 4.79 Å². The first kappa shape index (κ1) is 17.1. The van der Waals surface area contributed by atoms with Crippen molar-refractivity contribution in [2.75, 3.05) is 6.54 Å². The van der Waals surface area contributed by atoms with Crippen molar-refractivity contribution in [3.63, 3.8) is 0 Å². The molecule has 1 saturated heterocycles. The number of hydrogen-bond donors (Lipinski definition) is 1. The van der Waals surface area contributed by atoms with E-state index in [0.717, 1.165) is 0 Å². The number of rotatable bonds is 3. The van der Waals surface area contributed by atoms with Gasteiger partial charge in [-0.2, -0.15) is 5.10 Å². The Morgan fingerprint density at radius 1 is 1.32 bits per heavy atom. The molecule has 6 nitrogen and oxygen atoms in total. The summed E-state index contributed by atoms with van der Waals surface area (Å²) in [5.41, 5.74) is 1.65. The van der Waals surface area contributed by atoms with Gasteiger partial charge in [0.1, 0.15) is 5.82 Å². The van der Waals surface area contributed by atoms with Crippen LogP contribution in [0.4, 0.5) is 4.39 Å². The monoisotopic (exact) mass is 345 g/mol. The maximum atomic E-state index is 13.2. The number of aromatic nitrogens is 2. The summed E-state index contributed by atoms with van der Waals surface area (Å²) >= 11 is 0. The van der Waals surface area contributed by atoms with Gasteiger partial charge in [0.2, 0.25) is 0 Å². The Labute approximate surface area is 144 Å². The van der Waals surface area contributed by atoms with Crippen molar-refractivity contribution in [1.29, 1.82) is 0 Å². The van der Waals surface area contributed by atoms with E-state index in [1.54, 1.807) is 37.1 Å². The number of likely N-dealkylation sites (tertiary alicyclic amines) is 1. The van der Waals surface area contributed by atoms with Crippen LogP contribution in [0.5, 0.6) is 0 Å². The summed E-state index contributed by atoms with van der Waals surface area (Å²) in [6.07, 6.45) is 2.88. The normalized spacial score (nSPS) is 20.5. The zero-order chi connectivity index (χ0) is 18.1. The molecule has 0 unspecified atom stereocenters. The van der Waals surface area contributed by atoms with Gasteiger partial charge in [-0.05, 0) is 56.5 Å². The fourth-order valence-electron chi connectivity index (χ4n) is 3.36. The van der Waals surface area contributed by atoms with E-state index in [0.29, 0.717) is 30.6 Å². The molecule has 1 fully saturated rings. The Kier molecular flexibility index (Phi) is 4.57. The largest absolute Gasteiger partial charge is 0.481 e. The minimum absolute atomic E-state index is 0.251. The van der Waals surface area contributed by atoms with Crippen molar-refractivity contribution in [3.05, 3.63) is 47.5 Å². The summed E-state index contributed by atoms with van der Waals surface area (Å²) in [6, 6.07) is 5.58. The van der Waals surface area contributed by atoms with Gasteiger partial charge in [0.15, 0.2) is 5.69 Å². The number of carboxylic acids is 1. The molecule has 0 spiro atoms. The molecule has 2 heterocycles. The van der Waals surface area contributed by atoms with E-state index in [2.05, 4.69) is 5.10 Å². The third-order valence-electron chi connectivity index (χ3n) is 4.78. The van der Waals surface area contributed by atoms with Crippen LogP contribution in [0, 0.1) is 18.7 Å². The number of nitrogens with zero attached hydrogens (tertiary/aromatic N) is 3. The predicted molar refractivity (Wildman–Crippen MR) is 89.1 cm³/mol. The molecule has 7 heteroatoms. The Hall–Kier alpha value is -2.70. The Bertz CT molecular complexity index is 818. The van der Waals surface area contributed by atoms with Crippen LogP contribution in [0.15, 0.2) is 30.5 Å². The van der Waals surface area contributed by atoms with E-state index < -0.39 is 11.9 Å². The van der Waals surface area contributed by atoms with E-state index in [-0.39, 0.29) is 23.5 Å². The van der Waals surface area contributed by atoms with Gasteiger partial charge in [0.25, 0.3) is 5.91 Å². The topological polar surface area (TPSA) is 75.4 Å². The zero-order valence-electron chi connectivity index (χ0n) is 14.1. The van der Waals surface area contributed by atoms with Gasteiger partial charge < -0.3 is 10.0 Å². The number of carbonyl (C=O) groups is 2. The zero-order valence-corrected chi connectivity index (χ0v) is 14.1. The third kappa shape index (κ3) is 3.26. The van der Waals surface area contributed by atoms with Gasteiger partial charge >= 0.3 is 5.97 Å². The second-order valence-corrected chi connectivity index (χ2v) is 6.40. The number of carboxylic acid groups (broad SMARTS) is 1. The third-order valence-corrected chi connectivity index (χ3v) is 4.78. The van der Waals surface area contributed by atoms with Crippen molar-refractivity contribution >= 4 is 11.9 Å². The van der Waals surface area contributed by atoms with Gasteiger partial charge in [-0.3, -0.25) is 9.59 Å². The number of halogens is 1. The first-order chi connectivity index (χ1) is 11.9. The molecule has 0 radical (unpaired) electrons. The summed E-state index contributed by atoms with van der Waals surface area (Å²) in [5, 5.41) is 13.6. The van der Waals surface area contributed by atoms with E-state index in [1.165, 1.54) is 16.8 Å². The molecule has 2 atom stereocenters. The van der Waals surface area contributed by atoms with Crippen LogP contribution in [0.3, 0.4) is 0 Å². The van der Waals surface area contributed by atoms with E-state index in [1.807, 2.05) is 0 Å². The number of benzene rings is 1. The Morgan fingerprint density at radius 3 is 2.76 bits per heavy atom. The van der Waals surface area contributed by atoms with Gasteiger partial charge in [0, 0.05) is 18.8 Å². The summed E-state index contributed by atoms with van der Waals surface area (Å²) in [6.45, 7) is 4.05. The highest BCUT2D eigenvalue weighted by Crippen LogP contribution is 2.25. The van der Waals surface area contributed by atoms with Crippen molar-refractivity contribution < 1.29 is 19.1 Å². The van der Waals surface area contributed by atoms with Crippen molar-refractivity contribution in [3.8, 4) is 5.69 Å². The van der Waals surface area contributed by atoms with Crippen molar-refractivity contribution in [2.45, 2.75) is 32.7 Å². The highest BCUT2D eigenvalue weighted by molar-refractivity contribution is 5.93. The average Bonchev–Trinajstić information content (AvgIpc) is 3.04. The average molecular weight is 345 g/mol. The molecule has 3 rings (SSSR count). The summed E-state index contributed by atoms with van der Waals surface area (Å²) in [7, 11) is 0. The maximum Gasteiger partial charge on any atom is 0.308 e. The highest BCUT2D eigenvalue weighted by Gasteiger charge is 2.36. The lowest BCUT2D eigenvalue weighted by Crippen LogP contribution is -2.49. The van der Waals surface area contributed by atoms with E-state index >= 15 is 0 Å². The standard InChI is InChI=1S/C18H20FN3O3/c1-11-10-13(19)5-6-16(11)22-9-7-15(20-22)17(23)21-8-3-4-14(12(21)2)18(24)25/h5-7,9-10,12,14H,3-4,8H2,1-2H3,(H,24,25)/t12-,14-/m1/s1. The molecule has 1 aliphatic heterocycles. The quantitative estimate of drug-likeness (QED) is 0.928. The molecular weight excluding hydrogens is 325 g/mol. The van der Waals surface area contributed by atoms with E-state index in [4.69, 9.17) is 0 Å². The van der Waals surface area contributed by atoms with Crippen LogP contribution in [-0.4, -0.2) is 44.3 Å². The van der Waals surface area contributed by atoms with E-state index in [9.17, 15) is 19.1 Å². The number of aryl methyl sites for hydroxylation is 1. The maximum absolute atomic E-state index is 13.2. The number of carbonyl (C=O) groups excluding carboxylic acids is 1. The van der Waals surface area contributed by atoms with Crippen LogP contribution in [0.1, 0.15) is 35.8 Å². The first-order valence-electron chi connectivity index (χ1n) is 8.24. The Balaban J connectivity index is 1.84.